The molecule has 1 aromatic heterocycles. The van der Waals surface area contributed by atoms with Crippen molar-refractivity contribution in [2.45, 2.75) is 51.5 Å². The van der Waals surface area contributed by atoms with Crippen LogP contribution in [0.5, 0.6) is 0 Å². The first-order valence-corrected chi connectivity index (χ1v) is 9.54. The van der Waals surface area contributed by atoms with Crippen LogP contribution in [0.4, 0.5) is 10.3 Å². The number of methoxy groups -OCH3 is 1. The van der Waals surface area contributed by atoms with Gasteiger partial charge in [0.1, 0.15) is 5.69 Å². The standard InChI is InChI=1S/C21H27FN4O/c1-14(17-10-7-11-23-20(17)27-3)12-15(2)19-18(22)13-24-21(26-19)25-16-8-5-4-6-9-16/h10,12-13,16H,2,4-9,11H2,1,3H3,(H,24,25,26)/b14-12+. The summed E-state index contributed by atoms with van der Waals surface area (Å²) in [5.41, 5.74) is 2.55. The molecule has 0 radical (unpaired) electrons. The molecule has 0 spiro atoms. The molecular weight excluding hydrogens is 343 g/mol. The molecule has 5 nitrogen and oxygen atoms in total. The van der Waals surface area contributed by atoms with E-state index in [0.717, 1.165) is 37.0 Å². The number of hydrogen-bond acceptors (Lipinski definition) is 5. The van der Waals surface area contributed by atoms with Crippen molar-refractivity contribution >= 4 is 17.4 Å². The Hall–Kier alpha value is -2.50. The predicted octanol–water partition coefficient (Wildman–Crippen LogP) is 4.69. The molecule has 2 heterocycles. The number of anilines is 1. The van der Waals surface area contributed by atoms with Crippen molar-refractivity contribution in [3.63, 3.8) is 0 Å². The molecule has 0 aromatic carbocycles. The van der Waals surface area contributed by atoms with E-state index in [4.69, 9.17) is 4.74 Å². The normalized spacial score (nSPS) is 18.6. The fourth-order valence-corrected chi connectivity index (χ4v) is 3.55. The van der Waals surface area contributed by atoms with Gasteiger partial charge in [0.05, 0.1) is 13.3 Å². The minimum Gasteiger partial charge on any atom is -0.481 e. The molecular formula is C21H27FN4O. The number of nitrogens with zero attached hydrogens (tertiary/aromatic N) is 3. The average Bonchev–Trinajstić information content (AvgIpc) is 2.70. The Balaban J connectivity index is 1.78. The fraction of sp³-hybridized carbons (Fsp3) is 0.476. The summed E-state index contributed by atoms with van der Waals surface area (Å²) in [7, 11) is 1.60. The van der Waals surface area contributed by atoms with Crippen LogP contribution in [0.1, 0.15) is 51.1 Å². The average molecular weight is 370 g/mol. The van der Waals surface area contributed by atoms with Crippen LogP contribution in [0.3, 0.4) is 0 Å². The van der Waals surface area contributed by atoms with E-state index in [2.05, 4.69) is 32.9 Å². The summed E-state index contributed by atoms with van der Waals surface area (Å²) in [6.45, 7) is 6.68. The minimum absolute atomic E-state index is 0.218. The molecule has 1 fully saturated rings. The van der Waals surface area contributed by atoms with Crippen LogP contribution < -0.4 is 5.32 Å². The number of nitrogens with one attached hydrogen (secondary N) is 1. The van der Waals surface area contributed by atoms with Gasteiger partial charge in [0.15, 0.2) is 5.82 Å². The number of dihydropyridines is 1. The van der Waals surface area contributed by atoms with E-state index in [0.29, 0.717) is 23.5 Å². The van der Waals surface area contributed by atoms with E-state index in [1.54, 1.807) is 7.11 Å². The third-order valence-corrected chi connectivity index (χ3v) is 4.96. The first-order chi connectivity index (χ1) is 13.1. The van der Waals surface area contributed by atoms with E-state index in [1.165, 1.54) is 25.5 Å². The highest BCUT2D eigenvalue weighted by molar-refractivity contribution is 5.99. The summed E-state index contributed by atoms with van der Waals surface area (Å²) in [5, 5.41) is 3.34. The summed E-state index contributed by atoms with van der Waals surface area (Å²) in [5.74, 6) is 0.587. The molecule has 0 saturated heterocycles. The predicted molar refractivity (Wildman–Crippen MR) is 107 cm³/mol. The van der Waals surface area contributed by atoms with Crippen molar-refractivity contribution in [2.75, 3.05) is 19.0 Å². The Morgan fingerprint density at radius 1 is 1.33 bits per heavy atom. The van der Waals surface area contributed by atoms with E-state index in [1.807, 2.05) is 13.0 Å². The number of rotatable bonds is 5. The number of aromatic nitrogens is 2. The van der Waals surface area contributed by atoms with Crippen molar-refractivity contribution in [1.82, 2.24) is 9.97 Å². The third kappa shape index (κ3) is 4.81. The highest BCUT2D eigenvalue weighted by Crippen LogP contribution is 2.24. The van der Waals surface area contributed by atoms with Crippen molar-refractivity contribution in [3.05, 3.63) is 47.6 Å². The van der Waals surface area contributed by atoms with Gasteiger partial charge in [-0.15, -0.1) is 0 Å². The van der Waals surface area contributed by atoms with Gasteiger partial charge in [-0.05, 0) is 43.4 Å². The smallest absolute Gasteiger partial charge is 0.223 e. The second-order valence-corrected chi connectivity index (χ2v) is 7.02. The molecule has 27 heavy (non-hydrogen) atoms. The molecule has 144 valence electrons. The van der Waals surface area contributed by atoms with Crippen molar-refractivity contribution in [2.24, 2.45) is 4.99 Å². The maximum atomic E-state index is 14.3. The van der Waals surface area contributed by atoms with Crippen LogP contribution in [-0.2, 0) is 4.74 Å². The first kappa shape index (κ1) is 19.3. The van der Waals surface area contributed by atoms with Crippen LogP contribution in [0.25, 0.3) is 5.57 Å². The van der Waals surface area contributed by atoms with E-state index in [-0.39, 0.29) is 5.69 Å². The van der Waals surface area contributed by atoms with Crippen LogP contribution >= 0.6 is 0 Å². The molecule has 1 aromatic rings. The summed E-state index contributed by atoms with van der Waals surface area (Å²) in [6, 6.07) is 0.357. The first-order valence-electron chi connectivity index (χ1n) is 9.54. The Morgan fingerprint density at radius 2 is 2.11 bits per heavy atom. The lowest BCUT2D eigenvalue weighted by Crippen LogP contribution is -2.23. The van der Waals surface area contributed by atoms with E-state index >= 15 is 0 Å². The van der Waals surface area contributed by atoms with E-state index in [9.17, 15) is 4.39 Å². The molecule has 0 unspecified atom stereocenters. The van der Waals surface area contributed by atoms with Gasteiger partial charge >= 0.3 is 0 Å². The van der Waals surface area contributed by atoms with Crippen molar-refractivity contribution in [3.8, 4) is 0 Å². The highest BCUT2D eigenvalue weighted by atomic mass is 19.1. The Labute approximate surface area is 160 Å². The van der Waals surface area contributed by atoms with Gasteiger partial charge in [-0.3, -0.25) is 4.99 Å². The highest BCUT2D eigenvalue weighted by Gasteiger charge is 2.17. The maximum Gasteiger partial charge on any atom is 0.223 e. The lowest BCUT2D eigenvalue weighted by molar-refractivity contribution is 0.400. The number of aliphatic imine (C=N–C) groups is 1. The van der Waals surface area contributed by atoms with Crippen LogP contribution in [0, 0.1) is 5.82 Å². The number of allylic oxidation sites excluding steroid dienone is 2. The Kier molecular flexibility index (Phi) is 6.37. The summed E-state index contributed by atoms with van der Waals surface area (Å²) in [4.78, 5) is 12.9. The zero-order chi connectivity index (χ0) is 19.2. The fourth-order valence-electron chi connectivity index (χ4n) is 3.55. The van der Waals surface area contributed by atoms with Crippen molar-refractivity contribution < 1.29 is 9.13 Å². The molecule has 6 heteroatoms. The minimum atomic E-state index is -0.475. The van der Waals surface area contributed by atoms with Gasteiger partial charge in [0, 0.05) is 18.2 Å². The van der Waals surface area contributed by atoms with Crippen molar-refractivity contribution in [1.29, 1.82) is 0 Å². The van der Waals surface area contributed by atoms with Gasteiger partial charge in [0.2, 0.25) is 11.8 Å². The largest absolute Gasteiger partial charge is 0.481 e. The molecule has 3 rings (SSSR count). The third-order valence-electron chi connectivity index (χ3n) is 4.96. The Morgan fingerprint density at radius 3 is 2.85 bits per heavy atom. The number of ether oxygens (including phenoxy) is 1. The second-order valence-electron chi connectivity index (χ2n) is 7.02. The Bertz CT molecular complexity index is 791. The molecule has 1 saturated carbocycles. The summed E-state index contributed by atoms with van der Waals surface area (Å²) in [6.07, 6.45) is 11.9. The second kappa shape index (κ2) is 8.93. The zero-order valence-corrected chi connectivity index (χ0v) is 16.1. The topological polar surface area (TPSA) is 59.4 Å². The quantitative estimate of drug-likeness (QED) is 0.764. The number of hydrogen-bond donors (Lipinski definition) is 1. The lowest BCUT2D eigenvalue weighted by Gasteiger charge is -2.22. The van der Waals surface area contributed by atoms with Gasteiger partial charge in [-0.2, -0.15) is 0 Å². The lowest BCUT2D eigenvalue weighted by atomic mass is 9.96. The van der Waals surface area contributed by atoms with Gasteiger partial charge in [0.25, 0.3) is 0 Å². The molecule has 0 atom stereocenters. The molecule has 2 aliphatic rings. The van der Waals surface area contributed by atoms with E-state index < -0.39 is 5.82 Å². The zero-order valence-electron chi connectivity index (χ0n) is 16.1. The molecule has 0 bridgehead atoms. The van der Waals surface area contributed by atoms with Gasteiger partial charge in [-0.1, -0.05) is 31.9 Å². The molecule has 0 amide bonds. The monoisotopic (exact) mass is 370 g/mol. The molecule has 1 aliphatic carbocycles. The van der Waals surface area contributed by atoms with Crippen LogP contribution in [-0.4, -0.2) is 35.6 Å². The molecule has 1 aliphatic heterocycles. The molecule has 1 N–H and O–H groups in total. The maximum absolute atomic E-state index is 14.3. The SMILES string of the molecule is C=C(/C=C(\C)C1=CCCN=C1OC)c1nc(NC2CCCCC2)ncc1F. The number of halogens is 1. The van der Waals surface area contributed by atoms with Gasteiger partial charge in [-0.25, -0.2) is 14.4 Å². The van der Waals surface area contributed by atoms with Crippen LogP contribution in [0.15, 0.2) is 41.1 Å². The van der Waals surface area contributed by atoms with Gasteiger partial charge < -0.3 is 10.1 Å². The summed E-state index contributed by atoms with van der Waals surface area (Å²) >= 11 is 0. The summed E-state index contributed by atoms with van der Waals surface area (Å²) < 4.78 is 19.7. The van der Waals surface area contributed by atoms with Crippen LogP contribution in [0.2, 0.25) is 0 Å².